The van der Waals surface area contributed by atoms with Gasteiger partial charge in [-0.1, -0.05) is 49.4 Å². The number of hydrogen-bond acceptors (Lipinski definition) is 12. The summed E-state index contributed by atoms with van der Waals surface area (Å²) in [4.78, 5) is 65.7. The molecular weight excluding hydrogens is 694 g/mol. The van der Waals surface area contributed by atoms with E-state index in [-0.39, 0.29) is 53.7 Å². The van der Waals surface area contributed by atoms with Crippen molar-refractivity contribution >= 4 is 40.4 Å². The van der Waals surface area contributed by atoms with Crippen LogP contribution in [0.3, 0.4) is 0 Å². The lowest BCUT2D eigenvalue weighted by molar-refractivity contribution is -0.149. The second kappa shape index (κ2) is 13.5. The van der Waals surface area contributed by atoms with E-state index in [2.05, 4.69) is 4.90 Å². The first-order chi connectivity index (χ1) is 26.0. The molecule has 1 N–H and O–H groups in total. The van der Waals surface area contributed by atoms with Gasteiger partial charge in [0.15, 0.2) is 17.1 Å². The number of cyclic esters (lactones) is 1. The number of nitrogens with zero attached hydrogens (tertiary/aromatic N) is 1. The van der Waals surface area contributed by atoms with Gasteiger partial charge < -0.3 is 33.1 Å². The number of carbonyl (C=O) groups excluding carboxylic acids is 4. The second-order valence-corrected chi connectivity index (χ2v) is 14.9. The number of fused-ring (bicyclic) bond motifs is 4. The molecule has 1 saturated carbocycles. The maximum Gasteiger partial charge on any atom is 0.342 e. The third kappa shape index (κ3) is 5.53. The van der Waals surface area contributed by atoms with E-state index < -0.39 is 35.0 Å². The highest BCUT2D eigenvalue weighted by Gasteiger charge is 2.64. The van der Waals surface area contributed by atoms with Crippen molar-refractivity contribution in [3.63, 3.8) is 0 Å². The third-order valence-corrected chi connectivity index (χ3v) is 11.9. The van der Waals surface area contributed by atoms with Crippen LogP contribution in [0, 0.1) is 11.3 Å². The number of morpholine rings is 1. The Labute approximate surface area is 310 Å². The molecule has 280 valence electrons. The number of rotatable bonds is 5. The maximum absolute atomic E-state index is 13.7. The van der Waals surface area contributed by atoms with E-state index in [9.17, 15) is 29.1 Å². The zero-order valence-electron chi connectivity index (χ0n) is 30.3. The number of aliphatic hydroxyl groups excluding tert-OH is 1. The molecule has 3 aliphatic carbocycles. The molecule has 1 unspecified atom stereocenters. The molecule has 2 fully saturated rings. The van der Waals surface area contributed by atoms with Crippen molar-refractivity contribution in [2.45, 2.75) is 64.1 Å². The number of esters is 2. The molecule has 12 heteroatoms. The van der Waals surface area contributed by atoms with Crippen LogP contribution in [0.1, 0.15) is 72.9 Å². The molecule has 54 heavy (non-hydrogen) atoms. The van der Waals surface area contributed by atoms with Crippen molar-refractivity contribution in [3.05, 3.63) is 99.1 Å². The SMILES string of the molecule is CC(=O)O[C@@H]1C[C@]2(C)C(=O)CCC2C2=C1[C@]1(C)c3c(coc3C2=O)C(=O)O[C@@H]1CCO.O=c1cc(N2CCOCC2)oc2c(-c3ccccc3)cccc12. The summed E-state index contributed by atoms with van der Waals surface area (Å²) in [6.45, 7) is 7.52. The minimum absolute atomic E-state index is 0.00878. The number of hydrogen-bond donors (Lipinski definition) is 1. The molecule has 4 heterocycles. The molecule has 2 aromatic heterocycles. The van der Waals surface area contributed by atoms with E-state index >= 15 is 0 Å². The Morgan fingerprint density at radius 1 is 1.00 bits per heavy atom. The van der Waals surface area contributed by atoms with E-state index in [4.69, 9.17) is 23.0 Å². The number of anilines is 1. The molecule has 0 amide bonds. The molecule has 5 atom stereocenters. The van der Waals surface area contributed by atoms with Crippen LogP contribution in [-0.2, 0) is 29.2 Å². The van der Waals surface area contributed by atoms with Gasteiger partial charge in [0.2, 0.25) is 5.78 Å². The molecule has 9 rings (SSSR count). The van der Waals surface area contributed by atoms with E-state index in [1.165, 1.54) is 13.2 Å². The van der Waals surface area contributed by atoms with Gasteiger partial charge in [-0.15, -0.1) is 0 Å². The van der Waals surface area contributed by atoms with Gasteiger partial charge in [0.25, 0.3) is 0 Å². The van der Waals surface area contributed by atoms with Crippen LogP contribution in [0.5, 0.6) is 0 Å². The summed E-state index contributed by atoms with van der Waals surface area (Å²) in [5.74, 6) is -1.10. The summed E-state index contributed by atoms with van der Waals surface area (Å²) < 4.78 is 28.5. The Kier molecular flexibility index (Phi) is 8.93. The molecule has 0 spiro atoms. The highest BCUT2D eigenvalue weighted by atomic mass is 16.6. The smallest absolute Gasteiger partial charge is 0.342 e. The summed E-state index contributed by atoms with van der Waals surface area (Å²) in [5, 5.41) is 10.3. The molecule has 0 radical (unpaired) electrons. The zero-order valence-corrected chi connectivity index (χ0v) is 30.3. The van der Waals surface area contributed by atoms with Crippen LogP contribution in [0.25, 0.3) is 22.1 Å². The van der Waals surface area contributed by atoms with Crippen molar-refractivity contribution in [1.82, 2.24) is 0 Å². The fourth-order valence-corrected chi connectivity index (χ4v) is 9.34. The summed E-state index contributed by atoms with van der Waals surface area (Å²) in [7, 11) is 0. The average molecular weight is 736 g/mol. The average Bonchev–Trinajstić information content (AvgIpc) is 3.75. The molecule has 0 bridgehead atoms. The minimum Gasteiger partial charge on any atom is -0.460 e. The molecular formula is C42H41NO11. The van der Waals surface area contributed by atoms with Gasteiger partial charge in [-0.2, -0.15) is 0 Å². The number of ether oxygens (including phenoxy) is 3. The van der Waals surface area contributed by atoms with Gasteiger partial charge in [-0.05, 0) is 30.5 Å². The van der Waals surface area contributed by atoms with Crippen molar-refractivity contribution < 1.29 is 47.3 Å². The predicted molar refractivity (Wildman–Crippen MR) is 195 cm³/mol. The lowest BCUT2D eigenvalue weighted by Gasteiger charge is -2.51. The topological polar surface area (TPSA) is 163 Å². The van der Waals surface area contributed by atoms with Crippen LogP contribution >= 0.6 is 0 Å². The van der Waals surface area contributed by atoms with Gasteiger partial charge in [-0.25, -0.2) is 4.79 Å². The molecule has 1 saturated heterocycles. The number of furan rings is 1. The van der Waals surface area contributed by atoms with Crippen molar-refractivity contribution in [2.75, 3.05) is 37.8 Å². The number of ketones is 2. The van der Waals surface area contributed by atoms with Crippen molar-refractivity contribution in [2.24, 2.45) is 11.3 Å². The number of para-hydroxylation sites is 1. The quantitative estimate of drug-likeness (QED) is 0.254. The summed E-state index contributed by atoms with van der Waals surface area (Å²) in [6.07, 6.45) is 0.919. The van der Waals surface area contributed by atoms with Crippen LogP contribution in [0.15, 0.2) is 85.6 Å². The van der Waals surface area contributed by atoms with Crippen LogP contribution in [-0.4, -0.2) is 73.7 Å². The van der Waals surface area contributed by atoms with Crippen LogP contribution in [0.4, 0.5) is 5.88 Å². The van der Waals surface area contributed by atoms with Crippen LogP contribution < -0.4 is 10.3 Å². The minimum atomic E-state index is -1.02. The Balaban J connectivity index is 0.000000160. The van der Waals surface area contributed by atoms with E-state index in [1.807, 2.05) is 62.4 Å². The fourth-order valence-electron chi connectivity index (χ4n) is 9.34. The number of aliphatic hydroxyl groups is 1. The lowest BCUT2D eigenvalue weighted by atomic mass is 9.54. The molecule has 2 aromatic carbocycles. The monoisotopic (exact) mass is 735 g/mol. The number of carbonyl (C=O) groups is 4. The molecule has 5 aliphatic rings. The van der Waals surface area contributed by atoms with E-state index in [1.54, 1.807) is 6.07 Å². The Hall–Kier alpha value is -5.33. The number of Topliss-reactive ketones (excluding diaryl/α,β-unsaturated/α-hetero) is 2. The second-order valence-electron chi connectivity index (χ2n) is 14.9. The van der Waals surface area contributed by atoms with Gasteiger partial charge in [0.05, 0.1) is 24.0 Å². The van der Waals surface area contributed by atoms with Gasteiger partial charge in [0.1, 0.15) is 35.4 Å². The highest BCUT2D eigenvalue weighted by molar-refractivity contribution is 6.14. The Morgan fingerprint density at radius 2 is 1.76 bits per heavy atom. The zero-order chi connectivity index (χ0) is 37.9. The summed E-state index contributed by atoms with van der Waals surface area (Å²) >= 11 is 0. The first-order valence-electron chi connectivity index (χ1n) is 18.4. The van der Waals surface area contributed by atoms with Gasteiger partial charge in [-0.3, -0.25) is 19.2 Å². The number of benzene rings is 2. The molecule has 12 nitrogen and oxygen atoms in total. The van der Waals surface area contributed by atoms with Crippen molar-refractivity contribution in [1.29, 1.82) is 0 Å². The molecule has 4 aromatic rings. The standard InChI is InChI=1S/C23H24O8.C19H17NO3/c1-10(25)30-13-8-22(2)12(4-5-14(22)26)16-18(13)23(3)15(6-7-24)31-21(28)11-9-29-20(17(11)23)19(16)27;21-17-13-18(20-9-11-22-12-10-20)23-19-15(7-4-8-16(17)19)14-5-2-1-3-6-14/h9,12-13,15,24H,4-8H2,1-3H3;1-8,13H,9-12H2/t12?,13-,15-,22+,23+;/m1./s1. The highest BCUT2D eigenvalue weighted by Crippen LogP contribution is 2.61. The van der Waals surface area contributed by atoms with Gasteiger partial charge >= 0.3 is 11.9 Å². The summed E-state index contributed by atoms with van der Waals surface area (Å²) in [6, 6.07) is 17.3. The predicted octanol–water partition coefficient (Wildman–Crippen LogP) is 5.57. The third-order valence-electron chi connectivity index (χ3n) is 11.9. The summed E-state index contributed by atoms with van der Waals surface area (Å²) in [5.41, 5.74) is 2.38. The van der Waals surface area contributed by atoms with E-state index in [0.29, 0.717) is 59.6 Å². The van der Waals surface area contributed by atoms with E-state index in [0.717, 1.165) is 24.2 Å². The normalized spacial score (nSPS) is 27.1. The first kappa shape index (κ1) is 35.7. The Morgan fingerprint density at radius 3 is 2.48 bits per heavy atom. The maximum atomic E-state index is 13.7. The first-order valence-corrected chi connectivity index (χ1v) is 18.4. The lowest BCUT2D eigenvalue weighted by Crippen LogP contribution is -2.56. The number of allylic oxidation sites excluding steroid dienone is 1. The van der Waals surface area contributed by atoms with Crippen LogP contribution in [0.2, 0.25) is 0 Å². The fraction of sp³-hybridized carbons (Fsp3) is 0.405. The largest absolute Gasteiger partial charge is 0.460 e. The Bertz CT molecular complexity index is 2280. The van der Waals surface area contributed by atoms with Gasteiger partial charge in [0, 0.05) is 80.0 Å². The van der Waals surface area contributed by atoms with Crippen molar-refractivity contribution in [3.8, 4) is 11.1 Å². The molecule has 2 aliphatic heterocycles.